The molecule has 12 atom stereocenters. The number of cyclic esters (lactones) is 1. The van der Waals surface area contributed by atoms with E-state index in [2.05, 4.69) is 6.92 Å². The molecule has 9 heteroatoms. The van der Waals surface area contributed by atoms with E-state index in [1.165, 1.54) is 6.42 Å². The first-order chi connectivity index (χ1) is 21.0. The second-order valence-corrected chi connectivity index (χ2v) is 16.0. The van der Waals surface area contributed by atoms with Gasteiger partial charge in [0.1, 0.15) is 12.4 Å². The fourth-order valence-corrected chi connectivity index (χ4v) is 11.9. The number of hydrogen-bond donors (Lipinski definition) is 2. The Hall–Kier alpha value is -1.36. The van der Waals surface area contributed by atoms with Gasteiger partial charge in [0.05, 0.1) is 47.6 Å². The topological polar surface area (TPSA) is 121 Å². The van der Waals surface area contributed by atoms with Gasteiger partial charge >= 0.3 is 5.97 Å². The number of aldehydes is 1. The van der Waals surface area contributed by atoms with E-state index in [9.17, 15) is 19.8 Å². The lowest BCUT2D eigenvalue weighted by molar-refractivity contribution is -0.278. The standard InChI is InChI=1S/C35H50O9/c1-21-30-27(43-34(44-30)10-4-3-5-11-34)17-29(41-21)42-23-6-13-32(20-36)25-7-12-31(2)24(22-16-28(37)40-19-22)9-15-35(31,39)26(25)8-14-33(32,38)18-23/h19-21,23-27,29-30,38-39H,3-18H2,1-2H3/t21-,23+,24-,25+,26-,27+,29+,30-,31-,32+,33+,35+/m1/s1. The van der Waals surface area contributed by atoms with Crippen molar-refractivity contribution >= 4 is 12.3 Å². The minimum atomic E-state index is -1.18. The normalized spacial score (nSPS) is 52.8. The SMILES string of the molecule is C[C@H]1O[C@@H](O[C@H]2CC[C@]3(C=O)[C@H]4CC[C@]5(C)[C@@H](C6=COC(=O)C6)CC[C@]5(O)[C@@H]4CC[C@]3(O)C2)C[C@@H]2OC3(CCCCC3)O[C@@H]21. The molecule has 0 aromatic heterocycles. The van der Waals surface area contributed by atoms with Crippen LogP contribution in [0.3, 0.4) is 0 Å². The van der Waals surface area contributed by atoms with Crippen LogP contribution < -0.4 is 0 Å². The van der Waals surface area contributed by atoms with Gasteiger partial charge in [0.25, 0.3) is 0 Å². The molecule has 3 heterocycles. The van der Waals surface area contributed by atoms with Crippen LogP contribution in [-0.2, 0) is 33.3 Å². The van der Waals surface area contributed by atoms with Crippen LogP contribution in [0.15, 0.2) is 11.8 Å². The number of aliphatic hydroxyl groups is 2. The van der Waals surface area contributed by atoms with Gasteiger partial charge in [-0.15, -0.1) is 0 Å². The first-order valence-corrected chi connectivity index (χ1v) is 17.5. The molecule has 7 fully saturated rings. The molecule has 9 nitrogen and oxygen atoms in total. The van der Waals surface area contributed by atoms with Gasteiger partial charge in [-0.05, 0) is 94.5 Å². The molecule has 3 aliphatic heterocycles. The summed E-state index contributed by atoms with van der Waals surface area (Å²) in [7, 11) is 0. The van der Waals surface area contributed by atoms with Gasteiger partial charge in [-0.1, -0.05) is 13.3 Å². The van der Waals surface area contributed by atoms with Gasteiger partial charge < -0.3 is 38.7 Å². The summed E-state index contributed by atoms with van der Waals surface area (Å²) < 4.78 is 31.1. The molecule has 5 aliphatic carbocycles. The van der Waals surface area contributed by atoms with Crippen LogP contribution in [-0.4, -0.2) is 70.2 Å². The Morgan fingerprint density at radius 3 is 2.50 bits per heavy atom. The van der Waals surface area contributed by atoms with Crippen molar-refractivity contribution < 1.29 is 43.5 Å². The summed E-state index contributed by atoms with van der Waals surface area (Å²) in [6.07, 6.45) is 13.7. The summed E-state index contributed by atoms with van der Waals surface area (Å²) in [5.41, 5.74) is -2.42. The Morgan fingerprint density at radius 1 is 0.955 bits per heavy atom. The fourth-order valence-electron chi connectivity index (χ4n) is 11.9. The summed E-state index contributed by atoms with van der Waals surface area (Å²) in [6, 6.07) is 0. The maximum absolute atomic E-state index is 13.2. The summed E-state index contributed by atoms with van der Waals surface area (Å²) in [5.74, 6) is -0.759. The van der Waals surface area contributed by atoms with Gasteiger partial charge in [0, 0.05) is 31.1 Å². The Labute approximate surface area is 260 Å². The van der Waals surface area contributed by atoms with Crippen LogP contribution in [0.2, 0.25) is 0 Å². The highest BCUT2D eigenvalue weighted by atomic mass is 16.8. The highest BCUT2D eigenvalue weighted by molar-refractivity contribution is 5.76. The first-order valence-electron chi connectivity index (χ1n) is 17.5. The van der Waals surface area contributed by atoms with Crippen LogP contribution in [0, 0.1) is 28.6 Å². The molecule has 1 spiro atoms. The lowest BCUT2D eigenvalue weighted by Gasteiger charge is -2.65. The predicted octanol–water partition coefficient (Wildman–Crippen LogP) is 4.85. The molecule has 5 saturated carbocycles. The highest BCUT2D eigenvalue weighted by Gasteiger charge is 2.71. The van der Waals surface area contributed by atoms with Crippen LogP contribution in [0.4, 0.5) is 0 Å². The molecule has 8 rings (SSSR count). The van der Waals surface area contributed by atoms with Crippen molar-refractivity contribution in [2.24, 2.45) is 28.6 Å². The molecule has 2 N–H and O–H groups in total. The van der Waals surface area contributed by atoms with Crippen molar-refractivity contribution in [3.63, 3.8) is 0 Å². The third-order valence-corrected chi connectivity index (χ3v) is 14.1. The molecule has 0 unspecified atom stereocenters. The van der Waals surface area contributed by atoms with E-state index in [-0.39, 0.29) is 53.6 Å². The van der Waals surface area contributed by atoms with Gasteiger partial charge in [-0.25, -0.2) is 0 Å². The van der Waals surface area contributed by atoms with Gasteiger partial charge in [0.2, 0.25) is 0 Å². The van der Waals surface area contributed by atoms with E-state index in [0.717, 1.165) is 56.8 Å². The van der Waals surface area contributed by atoms with Crippen LogP contribution in [0.1, 0.15) is 117 Å². The number of rotatable bonds is 4. The lowest BCUT2D eigenvalue weighted by Crippen LogP contribution is -2.69. The van der Waals surface area contributed by atoms with E-state index in [1.54, 1.807) is 6.26 Å². The minimum absolute atomic E-state index is 0.0600. The Bertz CT molecular complexity index is 1210. The molecule has 8 aliphatic rings. The number of carbonyl (C=O) groups excluding carboxylic acids is 2. The number of carbonyl (C=O) groups is 2. The van der Waals surface area contributed by atoms with Crippen LogP contribution >= 0.6 is 0 Å². The third-order valence-electron chi connectivity index (χ3n) is 14.1. The van der Waals surface area contributed by atoms with Crippen molar-refractivity contribution in [1.29, 1.82) is 0 Å². The zero-order chi connectivity index (χ0) is 30.5. The minimum Gasteiger partial charge on any atom is -0.434 e. The Kier molecular flexibility index (Phi) is 7.04. The number of ether oxygens (including phenoxy) is 5. The van der Waals surface area contributed by atoms with Crippen molar-refractivity contribution in [3.05, 3.63) is 11.8 Å². The van der Waals surface area contributed by atoms with Crippen molar-refractivity contribution in [2.75, 3.05) is 0 Å². The molecule has 0 aromatic rings. The smallest absolute Gasteiger partial charge is 0.314 e. The number of hydrogen-bond acceptors (Lipinski definition) is 9. The van der Waals surface area contributed by atoms with Crippen LogP contribution in [0.5, 0.6) is 0 Å². The zero-order valence-corrected chi connectivity index (χ0v) is 26.3. The van der Waals surface area contributed by atoms with Gasteiger partial charge in [0.15, 0.2) is 12.1 Å². The predicted molar refractivity (Wildman–Crippen MR) is 157 cm³/mol. The first kappa shape index (κ1) is 30.0. The molecular formula is C35H50O9. The van der Waals surface area contributed by atoms with Crippen molar-refractivity contribution in [2.45, 2.75) is 164 Å². The monoisotopic (exact) mass is 614 g/mol. The molecular weight excluding hydrogens is 564 g/mol. The van der Waals surface area contributed by atoms with E-state index < -0.39 is 28.7 Å². The summed E-state index contributed by atoms with van der Waals surface area (Å²) in [5, 5.41) is 24.8. The Morgan fingerprint density at radius 2 is 1.75 bits per heavy atom. The molecule has 0 amide bonds. The number of esters is 1. The molecule has 44 heavy (non-hydrogen) atoms. The summed E-state index contributed by atoms with van der Waals surface area (Å²) in [4.78, 5) is 25.1. The molecule has 244 valence electrons. The van der Waals surface area contributed by atoms with E-state index in [0.29, 0.717) is 51.4 Å². The maximum atomic E-state index is 13.2. The fraction of sp³-hybridized carbons (Fsp3) is 0.886. The highest BCUT2D eigenvalue weighted by Crippen LogP contribution is 2.70. The molecule has 2 saturated heterocycles. The quantitative estimate of drug-likeness (QED) is 0.260. The maximum Gasteiger partial charge on any atom is 0.314 e. The lowest BCUT2D eigenvalue weighted by atomic mass is 9.41. The average Bonchev–Trinajstić information content (AvgIpc) is 3.66. The second kappa shape index (κ2) is 10.3. The van der Waals surface area contributed by atoms with Crippen molar-refractivity contribution in [3.8, 4) is 0 Å². The molecule has 0 aromatic carbocycles. The number of fused-ring (bicyclic) bond motifs is 6. The van der Waals surface area contributed by atoms with Crippen molar-refractivity contribution in [1.82, 2.24) is 0 Å². The zero-order valence-electron chi connectivity index (χ0n) is 26.3. The second-order valence-electron chi connectivity index (χ2n) is 16.0. The summed E-state index contributed by atoms with van der Waals surface area (Å²) in [6.45, 7) is 4.21. The van der Waals surface area contributed by atoms with Gasteiger partial charge in [-0.3, -0.25) is 4.79 Å². The van der Waals surface area contributed by atoms with E-state index in [4.69, 9.17) is 23.7 Å². The molecule has 0 radical (unpaired) electrons. The van der Waals surface area contributed by atoms with Crippen LogP contribution in [0.25, 0.3) is 0 Å². The van der Waals surface area contributed by atoms with Gasteiger partial charge in [-0.2, -0.15) is 0 Å². The average molecular weight is 615 g/mol. The van der Waals surface area contributed by atoms with E-state index >= 15 is 0 Å². The largest absolute Gasteiger partial charge is 0.434 e. The Balaban J connectivity index is 0.968. The third kappa shape index (κ3) is 4.18. The molecule has 0 bridgehead atoms. The summed E-state index contributed by atoms with van der Waals surface area (Å²) >= 11 is 0. The van der Waals surface area contributed by atoms with E-state index in [1.807, 2.05) is 6.92 Å².